The van der Waals surface area contributed by atoms with E-state index in [1.165, 1.54) is 4.90 Å². The molecule has 0 bridgehead atoms. The summed E-state index contributed by atoms with van der Waals surface area (Å²) >= 11 is 3.36. The van der Waals surface area contributed by atoms with Gasteiger partial charge in [-0.3, -0.25) is 19.3 Å². The molecular weight excluding hydrogens is 462 g/mol. The van der Waals surface area contributed by atoms with Gasteiger partial charge in [0.2, 0.25) is 0 Å². The van der Waals surface area contributed by atoms with Crippen LogP contribution in [0.25, 0.3) is 0 Å². The molecule has 2 aromatic rings. The Bertz CT molecular complexity index is 988. The summed E-state index contributed by atoms with van der Waals surface area (Å²) in [6.45, 7) is 3.96. The maximum atomic E-state index is 13.2. The van der Waals surface area contributed by atoms with Crippen LogP contribution in [0.4, 0.5) is 5.69 Å². The molecule has 1 atom stereocenters. The van der Waals surface area contributed by atoms with Gasteiger partial charge in [-0.25, -0.2) is 0 Å². The number of fused-ring (bicyclic) bond motifs is 1. The Balaban J connectivity index is 1.87. The largest absolute Gasteiger partial charge is 0.464 e. The van der Waals surface area contributed by atoms with Gasteiger partial charge >= 0.3 is 5.97 Å². The topological polar surface area (TPSA) is 83.9 Å². The summed E-state index contributed by atoms with van der Waals surface area (Å²) in [5.74, 6) is -1.61. The van der Waals surface area contributed by atoms with Crippen LogP contribution < -0.4 is 4.90 Å². The van der Waals surface area contributed by atoms with Gasteiger partial charge in [0.15, 0.2) is 11.4 Å². The summed E-state index contributed by atoms with van der Waals surface area (Å²) < 4.78 is 5.84. The predicted molar refractivity (Wildman–Crippen MR) is 121 cm³/mol. The number of halogens is 1. The maximum absolute atomic E-state index is 13.2. The van der Waals surface area contributed by atoms with Crippen LogP contribution in [0.2, 0.25) is 0 Å². The van der Waals surface area contributed by atoms with Gasteiger partial charge in [-0.2, -0.15) is 0 Å². The maximum Gasteiger partial charge on any atom is 0.326 e. The molecule has 3 rings (SSSR count). The SMILES string of the molecule is CCCCOC(=O)CN1C(=O)C(O)(CC(=O)c2ccc(CC)cc2)c2cc(Br)ccc21. The number of amides is 1. The number of ketones is 1. The van der Waals surface area contributed by atoms with Gasteiger partial charge in [0, 0.05) is 15.6 Å². The number of Topliss-reactive ketones (excluding diaryl/α,β-unsaturated/α-hetero) is 1. The van der Waals surface area contributed by atoms with Gasteiger partial charge in [-0.05, 0) is 36.6 Å². The van der Waals surface area contributed by atoms with Crippen LogP contribution in [0.15, 0.2) is 46.9 Å². The Morgan fingerprint density at radius 3 is 2.48 bits per heavy atom. The van der Waals surface area contributed by atoms with Gasteiger partial charge in [0.1, 0.15) is 6.54 Å². The van der Waals surface area contributed by atoms with E-state index in [0.717, 1.165) is 24.8 Å². The number of esters is 1. The summed E-state index contributed by atoms with van der Waals surface area (Å²) in [5.41, 5.74) is 0.161. The molecule has 0 fully saturated rings. The number of unbranched alkanes of at least 4 members (excludes halogenated alkanes) is 1. The highest BCUT2D eigenvalue weighted by molar-refractivity contribution is 9.10. The third-order valence-corrected chi connectivity index (χ3v) is 5.94. The van der Waals surface area contributed by atoms with Crippen molar-refractivity contribution in [1.82, 2.24) is 0 Å². The first-order chi connectivity index (χ1) is 14.8. The Hall–Kier alpha value is -2.51. The molecule has 2 aromatic carbocycles. The quantitative estimate of drug-likeness (QED) is 0.326. The number of nitrogens with zero attached hydrogens (tertiary/aromatic N) is 1. The summed E-state index contributed by atoms with van der Waals surface area (Å²) in [6, 6.07) is 12.1. The minimum atomic E-state index is -2.05. The summed E-state index contributed by atoms with van der Waals surface area (Å²) in [4.78, 5) is 39.6. The van der Waals surface area contributed by atoms with E-state index in [9.17, 15) is 19.5 Å². The third-order valence-electron chi connectivity index (χ3n) is 5.44. The van der Waals surface area contributed by atoms with Crippen LogP contribution in [0.1, 0.15) is 54.6 Å². The van der Waals surface area contributed by atoms with Crippen molar-refractivity contribution in [3.63, 3.8) is 0 Å². The average molecular weight is 488 g/mol. The lowest BCUT2D eigenvalue weighted by Crippen LogP contribution is -2.44. The van der Waals surface area contributed by atoms with Crippen LogP contribution in [0, 0.1) is 0 Å². The molecule has 164 valence electrons. The number of ether oxygens (including phenoxy) is 1. The Morgan fingerprint density at radius 2 is 1.84 bits per heavy atom. The van der Waals surface area contributed by atoms with Crippen molar-refractivity contribution in [2.75, 3.05) is 18.1 Å². The zero-order valence-electron chi connectivity index (χ0n) is 17.7. The van der Waals surface area contributed by atoms with Crippen molar-refractivity contribution in [3.05, 3.63) is 63.6 Å². The Labute approximate surface area is 190 Å². The minimum Gasteiger partial charge on any atom is -0.464 e. The molecule has 0 aromatic heterocycles. The predicted octanol–water partition coefficient (Wildman–Crippen LogP) is 4.16. The molecule has 31 heavy (non-hydrogen) atoms. The lowest BCUT2D eigenvalue weighted by Gasteiger charge is -2.22. The Morgan fingerprint density at radius 1 is 1.13 bits per heavy atom. The van der Waals surface area contributed by atoms with E-state index in [0.29, 0.717) is 21.3 Å². The number of anilines is 1. The number of benzene rings is 2. The number of hydrogen-bond donors (Lipinski definition) is 1. The highest BCUT2D eigenvalue weighted by Crippen LogP contribution is 2.44. The number of carbonyl (C=O) groups is 3. The second kappa shape index (κ2) is 9.75. The standard InChI is InChI=1S/C24H26BrNO5/c1-3-5-12-31-22(28)15-26-20-11-10-18(25)13-19(20)24(30,23(26)29)14-21(27)17-8-6-16(4-2)7-9-17/h6-11,13,30H,3-5,12,14-15H2,1-2H3. The summed E-state index contributed by atoms with van der Waals surface area (Å²) in [6.07, 6.45) is 2.05. The number of rotatable bonds is 9. The van der Waals surface area contributed by atoms with Gasteiger partial charge < -0.3 is 9.84 Å². The molecule has 1 amide bonds. The van der Waals surface area contributed by atoms with E-state index in [-0.39, 0.29) is 18.9 Å². The molecule has 0 spiro atoms. The Kier molecular flexibility index (Phi) is 7.28. The smallest absolute Gasteiger partial charge is 0.326 e. The van der Waals surface area contributed by atoms with Crippen molar-refractivity contribution in [2.24, 2.45) is 0 Å². The normalized spacial score (nSPS) is 17.5. The van der Waals surface area contributed by atoms with E-state index in [2.05, 4.69) is 15.9 Å². The molecule has 7 heteroatoms. The number of aryl methyl sites for hydroxylation is 1. The molecule has 0 aliphatic carbocycles. The zero-order chi connectivity index (χ0) is 22.6. The van der Waals surface area contributed by atoms with E-state index < -0.39 is 23.9 Å². The van der Waals surface area contributed by atoms with Crippen molar-refractivity contribution in [2.45, 2.75) is 45.1 Å². The molecule has 1 aliphatic rings. The first-order valence-electron chi connectivity index (χ1n) is 10.4. The van der Waals surface area contributed by atoms with E-state index in [1.54, 1.807) is 30.3 Å². The molecule has 0 radical (unpaired) electrons. The molecule has 1 aliphatic heterocycles. The van der Waals surface area contributed by atoms with E-state index >= 15 is 0 Å². The lowest BCUT2D eigenvalue weighted by molar-refractivity contribution is -0.144. The summed E-state index contributed by atoms with van der Waals surface area (Å²) in [5, 5.41) is 11.4. The van der Waals surface area contributed by atoms with Crippen LogP contribution in [-0.4, -0.2) is 35.9 Å². The fourth-order valence-corrected chi connectivity index (χ4v) is 3.98. The van der Waals surface area contributed by atoms with Crippen molar-refractivity contribution < 1.29 is 24.2 Å². The fourth-order valence-electron chi connectivity index (χ4n) is 3.62. The van der Waals surface area contributed by atoms with Gasteiger partial charge in [0.05, 0.1) is 18.7 Å². The van der Waals surface area contributed by atoms with Crippen molar-refractivity contribution in [1.29, 1.82) is 0 Å². The zero-order valence-corrected chi connectivity index (χ0v) is 19.3. The highest BCUT2D eigenvalue weighted by atomic mass is 79.9. The third kappa shape index (κ3) is 4.88. The van der Waals surface area contributed by atoms with Crippen LogP contribution in [-0.2, 0) is 26.3 Å². The van der Waals surface area contributed by atoms with Crippen LogP contribution >= 0.6 is 15.9 Å². The van der Waals surface area contributed by atoms with E-state index in [4.69, 9.17) is 4.74 Å². The molecule has 6 nitrogen and oxygen atoms in total. The van der Waals surface area contributed by atoms with Crippen molar-refractivity contribution in [3.8, 4) is 0 Å². The van der Waals surface area contributed by atoms with Crippen LogP contribution in [0.5, 0.6) is 0 Å². The molecule has 0 saturated carbocycles. The summed E-state index contributed by atoms with van der Waals surface area (Å²) in [7, 11) is 0. The molecule has 1 N–H and O–H groups in total. The van der Waals surface area contributed by atoms with Crippen LogP contribution in [0.3, 0.4) is 0 Å². The van der Waals surface area contributed by atoms with Crippen molar-refractivity contribution >= 4 is 39.3 Å². The first kappa shape index (κ1) is 23.2. The lowest BCUT2D eigenvalue weighted by atomic mass is 9.88. The molecule has 0 saturated heterocycles. The first-order valence-corrected chi connectivity index (χ1v) is 11.2. The second-order valence-corrected chi connectivity index (χ2v) is 8.55. The van der Waals surface area contributed by atoms with Gasteiger partial charge in [-0.15, -0.1) is 0 Å². The minimum absolute atomic E-state index is 0.279. The van der Waals surface area contributed by atoms with Gasteiger partial charge in [0.25, 0.3) is 5.91 Å². The highest BCUT2D eigenvalue weighted by Gasteiger charge is 2.51. The monoisotopic (exact) mass is 487 g/mol. The van der Waals surface area contributed by atoms with E-state index in [1.807, 2.05) is 26.0 Å². The molecular formula is C24H26BrNO5. The van der Waals surface area contributed by atoms with Gasteiger partial charge in [-0.1, -0.05) is 60.5 Å². The molecule has 1 heterocycles. The number of aliphatic hydroxyl groups is 1. The fraction of sp³-hybridized carbons (Fsp3) is 0.375. The average Bonchev–Trinajstić information content (AvgIpc) is 2.95. The number of hydrogen-bond acceptors (Lipinski definition) is 5. The number of carbonyl (C=O) groups excluding carboxylic acids is 3. The molecule has 1 unspecified atom stereocenters. The second-order valence-electron chi connectivity index (χ2n) is 7.64.